The maximum absolute atomic E-state index is 12.1. The molecule has 0 bridgehead atoms. The van der Waals surface area contributed by atoms with Crippen LogP contribution in [-0.4, -0.2) is 54.0 Å². The molecular weight excluding hydrogens is 230 g/mol. The zero-order chi connectivity index (χ0) is 13.5. The van der Waals surface area contributed by atoms with Gasteiger partial charge in [-0.3, -0.25) is 4.79 Å². The van der Waals surface area contributed by atoms with E-state index in [1.807, 2.05) is 27.8 Å². The number of piperidine rings is 1. The van der Waals surface area contributed by atoms with Gasteiger partial charge in [0.05, 0.1) is 5.92 Å². The van der Waals surface area contributed by atoms with Crippen LogP contribution in [0.3, 0.4) is 0 Å². The molecule has 102 valence electrons. The summed E-state index contributed by atoms with van der Waals surface area (Å²) in [4.78, 5) is 27.7. The summed E-state index contributed by atoms with van der Waals surface area (Å²) in [7, 11) is 1.84. The van der Waals surface area contributed by atoms with Gasteiger partial charge in [-0.1, -0.05) is 0 Å². The Morgan fingerprint density at radius 3 is 2.61 bits per heavy atom. The molecule has 3 amide bonds. The lowest BCUT2D eigenvalue weighted by Crippen LogP contribution is -2.48. The van der Waals surface area contributed by atoms with E-state index in [9.17, 15) is 9.59 Å². The minimum atomic E-state index is -0.231. The summed E-state index contributed by atoms with van der Waals surface area (Å²) in [6.07, 6.45) is 1.01. The van der Waals surface area contributed by atoms with Crippen molar-refractivity contribution in [3.63, 3.8) is 0 Å². The molecule has 2 heterocycles. The molecular formula is C13H23N3O2. The first-order chi connectivity index (χ1) is 8.28. The molecule has 0 spiro atoms. The van der Waals surface area contributed by atoms with E-state index < -0.39 is 0 Å². The normalized spacial score (nSPS) is 28.3. The number of nitrogens with zero attached hydrogens (tertiary/aromatic N) is 2. The van der Waals surface area contributed by atoms with E-state index >= 15 is 0 Å². The molecule has 2 aliphatic rings. The maximum atomic E-state index is 12.1. The van der Waals surface area contributed by atoms with Crippen molar-refractivity contribution in [3.8, 4) is 0 Å². The van der Waals surface area contributed by atoms with Crippen molar-refractivity contribution in [1.29, 1.82) is 0 Å². The van der Waals surface area contributed by atoms with E-state index in [1.165, 1.54) is 0 Å². The highest BCUT2D eigenvalue weighted by Gasteiger charge is 2.43. The maximum Gasteiger partial charge on any atom is 0.317 e. The second kappa shape index (κ2) is 4.44. The number of hydrogen-bond acceptors (Lipinski definition) is 2. The van der Waals surface area contributed by atoms with Gasteiger partial charge in [0, 0.05) is 32.2 Å². The van der Waals surface area contributed by atoms with Crippen LogP contribution in [0.4, 0.5) is 4.79 Å². The van der Waals surface area contributed by atoms with E-state index in [0.717, 1.165) is 13.0 Å². The highest BCUT2D eigenvalue weighted by Crippen LogP contribution is 2.31. The van der Waals surface area contributed by atoms with Gasteiger partial charge in [0.1, 0.15) is 0 Å². The first-order valence-corrected chi connectivity index (χ1v) is 6.60. The zero-order valence-corrected chi connectivity index (χ0v) is 11.7. The van der Waals surface area contributed by atoms with Crippen LogP contribution >= 0.6 is 0 Å². The fourth-order valence-corrected chi connectivity index (χ4v) is 2.76. The molecule has 5 heteroatoms. The molecule has 2 saturated heterocycles. The van der Waals surface area contributed by atoms with Gasteiger partial charge in [-0.2, -0.15) is 0 Å². The van der Waals surface area contributed by atoms with Gasteiger partial charge in [0.2, 0.25) is 5.91 Å². The van der Waals surface area contributed by atoms with Crippen molar-refractivity contribution in [2.75, 3.05) is 26.7 Å². The Kier molecular flexibility index (Phi) is 3.25. The minimum absolute atomic E-state index is 0.00877. The van der Waals surface area contributed by atoms with Crippen LogP contribution < -0.4 is 5.32 Å². The monoisotopic (exact) mass is 253 g/mol. The van der Waals surface area contributed by atoms with E-state index in [2.05, 4.69) is 5.32 Å². The van der Waals surface area contributed by atoms with Crippen molar-refractivity contribution in [3.05, 3.63) is 0 Å². The summed E-state index contributed by atoms with van der Waals surface area (Å²) in [5.41, 5.74) is -0.231. The Labute approximate surface area is 108 Å². The standard InChI is InChI=1S/C13H23N3O2/c1-13(2,3)14-12(18)16-7-9-5-6-15(4)11(17)10(9)8-16/h9-10H,5-8H2,1-4H3,(H,14,18)/t9-,10+/m1/s1. The number of carbonyl (C=O) groups is 2. The van der Waals surface area contributed by atoms with Crippen LogP contribution in [0.15, 0.2) is 0 Å². The van der Waals surface area contributed by atoms with Crippen molar-refractivity contribution in [2.45, 2.75) is 32.7 Å². The molecule has 0 aromatic carbocycles. The summed E-state index contributed by atoms with van der Waals surface area (Å²) in [6, 6.07) is -0.0487. The Morgan fingerprint density at radius 2 is 2.00 bits per heavy atom. The summed E-state index contributed by atoms with van der Waals surface area (Å²) >= 11 is 0. The number of carbonyl (C=O) groups excluding carboxylic acids is 2. The third-order valence-corrected chi connectivity index (χ3v) is 3.74. The number of nitrogens with one attached hydrogen (secondary N) is 1. The minimum Gasteiger partial charge on any atom is -0.345 e. The van der Waals surface area contributed by atoms with Crippen molar-refractivity contribution < 1.29 is 9.59 Å². The van der Waals surface area contributed by atoms with Gasteiger partial charge in [-0.25, -0.2) is 4.79 Å². The third-order valence-electron chi connectivity index (χ3n) is 3.74. The predicted octanol–water partition coefficient (Wildman–Crippen LogP) is 0.905. The third kappa shape index (κ3) is 2.60. The Morgan fingerprint density at radius 1 is 1.33 bits per heavy atom. The summed E-state index contributed by atoms with van der Waals surface area (Å²) in [5.74, 6) is 0.547. The van der Waals surface area contributed by atoms with Crippen LogP contribution in [0.25, 0.3) is 0 Å². The van der Waals surface area contributed by atoms with E-state index in [0.29, 0.717) is 19.0 Å². The summed E-state index contributed by atoms with van der Waals surface area (Å²) in [6.45, 7) is 7.99. The van der Waals surface area contributed by atoms with Crippen LogP contribution in [0.2, 0.25) is 0 Å². The lowest BCUT2D eigenvalue weighted by atomic mass is 9.88. The smallest absolute Gasteiger partial charge is 0.317 e. The van der Waals surface area contributed by atoms with Crippen LogP contribution in [0.1, 0.15) is 27.2 Å². The average Bonchev–Trinajstić information content (AvgIpc) is 2.66. The number of fused-ring (bicyclic) bond motifs is 1. The van der Waals surface area contributed by atoms with E-state index in [1.54, 1.807) is 9.80 Å². The van der Waals surface area contributed by atoms with E-state index in [-0.39, 0.29) is 23.4 Å². The van der Waals surface area contributed by atoms with Gasteiger partial charge in [-0.15, -0.1) is 0 Å². The second-order valence-electron chi connectivity index (χ2n) is 6.50. The number of amides is 3. The van der Waals surface area contributed by atoms with Crippen LogP contribution in [0, 0.1) is 11.8 Å². The molecule has 0 saturated carbocycles. The first-order valence-electron chi connectivity index (χ1n) is 6.60. The van der Waals surface area contributed by atoms with Gasteiger partial charge >= 0.3 is 6.03 Å². The molecule has 2 rings (SSSR count). The van der Waals surface area contributed by atoms with Crippen LogP contribution in [-0.2, 0) is 4.79 Å². The number of hydrogen-bond donors (Lipinski definition) is 1. The molecule has 0 radical (unpaired) electrons. The van der Waals surface area contributed by atoms with Gasteiger partial charge in [0.15, 0.2) is 0 Å². The lowest BCUT2D eigenvalue weighted by molar-refractivity contribution is -0.137. The predicted molar refractivity (Wildman–Crippen MR) is 69.1 cm³/mol. The number of urea groups is 1. The van der Waals surface area contributed by atoms with Crippen molar-refractivity contribution in [2.24, 2.45) is 11.8 Å². The Hall–Kier alpha value is -1.26. The fraction of sp³-hybridized carbons (Fsp3) is 0.846. The fourth-order valence-electron chi connectivity index (χ4n) is 2.76. The summed E-state index contributed by atoms with van der Waals surface area (Å²) in [5, 5.41) is 2.96. The zero-order valence-electron chi connectivity index (χ0n) is 11.7. The van der Waals surface area contributed by atoms with E-state index in [4.69, 9.17) is 0 Å². The molecule has 0 aromatic heterocycles. The number of rotatable bonds is 0. The van der Waals surface area contributed by atoms with Gasteiger partial charge in [-0.05, 0) is 33.1 Å². The lowest BCUT2D eigenvalue weighted by Gasteiger charge is -2.30. The molecule has 0 aromatic rings. The topological polar surface area (TPSA) is 52.6 Å². The average molecular weight is 253 g/mol. The molecule has 18 heavy (non-hydrogen) atoms. The second-order valence-corrected chi connectivity index (χ2v) is 6.50. The highest BCUT2D eigenvalue weighted by atomic mass is 16.2. The first kappa shape index (κ1) is 13.2. The highest BCUT2D eigenvalue weighted by molar-refractivity contribution is 5.82. The molecule has 0 unspecified atom stereocenters. The van der Waals surface area contributed by atoms with Gasteiger partial charge in [0.25, 0.3) is 0 Å². The SMILES string of the molecule is CN1CC[C@@H]2CN(C(=O)NC(C)(C)C)C[C@@H]2C1=O. The Bertz CT molecular complexity index is 362. The van der Waals surface area contributed by atoms with Gasteiger partial charge < -0.3 is 15.1 Å². The largest absolute Gasteiger partial charge is 0.345 e. The molecule has 2 fully saturated rings. The van der Waals surface area contributed by atoms with Crippen molar-refractivity contribution in [1.82, 2.24) is 15.1 Å². The quantitative estimate of drug-likeness (QED) is 0.697. The molecule has 2 aliphatic heterocycles. The Balaban J connectivity index is 1.99. The molecule has 5 nitrogen and oxygen atoms in total. The molecule has 1 N–H and O–H groups in total. The number of likely N-dealkylation sites (tertiary alicyclic amines) is 2. The molecule has 0 aliphatic carbocycles. The van der Waals surface area contributed by atoms with Crippen molar-refractivity contribution >= 4 is 11.9 Å². The summed E-state index contributed by atoms with van der Waals surface area (Å²) < 4.78 is 0. The van der Waals surface area contributed by atoms with Crippen LogP contribution in [0.5, 0.6) is 0 Å². The molecule has 2 atom stereocenters.